The van der Waals surface area contributed by atoms with E-state index in [4.69, 9.17) is 4.99 Å². The minimum absolute atomic E-state index is 0.105. The van der Waals surface area contributed by atoms with Crippen LogP contribution in [0.25, 0.3) is 0 Å². The fourth-order valence-corrected chi connectivity index (χ4v) is 6.72. The number of benzene rings is 3. The first-order chi connectivity index (χ1) is 15.4. The number of nitrogens with zero attached hydrogens (tertiary/aromatic N) is 1. The third-order valence-corrected chi connectivity index (χ3v) is 8.67. The molecule has 3 aromatic carbocycles. The summed E-state index contributed by atoms with van der Waals surface area (Å²) in [6.45, 7) is 10.9. The van der Waals surface area contributed by atoms with Crippen molar-refractivity contribution in [3.8, 4) is 5.75 Å². The maximum Gasteiger partial charge on any atom is 0.122 e. The molecule has 0 saturated heterocycles. The van der Waals surface area contributed by atoms with Crippen molar-refractivity contribution in [2.45, 2.75) is 59.0 Å². The van der Waals surface area contributed by atoms with Crippen LogP contribution in [0, 0.1) is 20.8 Å². The van der Waals surface area contributed by atoms with Crippen LogP contribution in [0.4, 0.5) is 0 Å². The van der Waals surface area contributed by atoms with Gasteiger partial charge in [0, 0.05) is 28.9 Å². The van der Waals surface area contributed by atoms with E-state index >= 15 is 0 Å². The van der Waals surface area contributed by atoms with Gasteiger partial charge in [0.2, 0.25) is 0 Å². The molecule has 3 aromatic rings. The third kappa shape index (κ3) is 4.81. The van der Waals surface area contributed by atoms with Crippen molar-refractivity contribution in [1.82, 2.24) is 0 Å². The largest absolute Gasteiger partial charge is 0.507 e. The fourth-order valence-electron chi connectivity index (χ4n) is 4.74. The average Bonchev–Trinajstić information content (AvgIpc) is 2.79. The Kier molecular flexibility index (Phi) is 7.91. The van der Waals surface area contributed by atoms with Crippen molar-refractivity contribution >= 4 is 19.6 Å². The number of aliphatic imine (C=N–C) groups is 1. The lowest BCUT2D eigenvalue weighted by molar-refractivity contribution is 0.438. The fraction of sp³-hybridized carbons (Fsp3) is 0.345. The molecule has 0 amide bonds. The van der Waals surface area contributed by atoms with Gasteiger partial charge in [-0.3, -0.25) is 4.99 Å². The molecular formula is C29H36NOP. The highest BCUT2D eigenvalue weighted by molar-refractivity contribution is 7.49. The van der Waals surface area contributed by atoms with Gasteiger partial charge in [-0.05, 0) is 50.0 Å². The number of rotatable bonds is 8. The smallest absolute Gasteiger partial charge is 0.122 e. The minimum Gasteiger partial charge on any atom is -0.507 e. The first-order valence-corrected chi connectivity index (χ1v) is 12.6. The molecule has 2 unspecified atom stereocenters. The second-order valence-corrected chi connectivity index (χ2v) is 10.4. The van der Waals surface area contributed by atoms with E-state index in [-0.39, 0.29) is 5.16 Å². The normalized spacial score (nSPS) is 14.1. The number of phenols is 1. The molecule has 2 atom stereocenters. The van der Waals surface area contributed by atoms with E-state index in [1.54, 1.807) is 0 Å². The maximum atomic E-state index is 11.1. The van der Waals surface area contributed by atoms with Gasteiger partial charge in [0.05, 0.1) is 5.71 Å². The summed E-state index contributed by atoms with van der Waals surface area (Å²) < 4.78 is 0. The highest BCUT2D eigenvalue weighted by Crippen LogP contribution is 2.52. The molecule has 0 aromatic heterocycles. The molecule has 2 nitrogen and oxygen atoms in total. The van der Waals surface area contributed by atoms with Crippen LogP contribution in [0.3, 0.4) is 0 Å². The van der Waals surface area contributed by atoms with Crippen LogP contribution in [-0.4, -0.2) is 17.9 Å². The van der Waals surface area contributed by atoms with Crippen molar-refractivity contribution < 1.29 is 5.11 Å². The first kappa shape index (κ1) is 24.2. The van der Waals surface area contributed by atoms with Crippen LogP contribution in [-0.2, 0) is 5.16 Å². The number of phenolic OH excluding ortho intramolecular Hbond substituents is 1. The Bertz CT molecular complexity index is 1100. The molecule has 0 aliphatic rings. The highest BCUT2D eigenvalue weighted by atomic mass is 31.1. The molecule has 0 aliphatic heterocycles. The number of hydrogen-bond donors (Lipinski definition) is 1. The van der Waals surface area contributed by atoms with Gasteiger partial charge in [0.1, 0.15) is 5.75 Å². The zero-order chi connectivity index (χ0) is 23.3. The van der Waals surface area contributed by atoms with Gasteiger partial charge in [-0.1, -0.05) is 95.1 Å². The Hall–Kier alpha value is -2.44. The summed E-state index contributed by atoms with van der Waals surface area (Å²) in [5.41, 5.74) is 7.93. The van der Waals surface area contributed by atoms with E-state index < -0.39 is 0 Å². The number of hydrogen-bond acceptors (Lipinski definition) is 2. The zero-order valence-corrected chi connectivity index (χ0v) is 21.3. The Morgan fingerprint density at radius 3 is 2.28 bits per heavy atom. The first-order valence-electron chi connectivity index (χ1n) is 11.6. The topological polar surface area (TPSA) is 32.6 Å². The summed E-state index contributed by atoms with van der Waals surface area (Å²) >= 11 is 0. The SMILES string of the molecule is CCCC(CC)(Pc1c(C)cccc1/C(=N/C)c1ccccc1)c1cc(C)cc(C)c1O. The van der Waals surface area contributed by atoms with Crippen LogP contribution in [0.1, 0.15) is 66.5 Å². The molecule has 3 rings (SSSR count). The summed E-state index contributed by atoms with van der Waals surface area (Å²) in [5, 5.41) is 12.4. The summed E-state index contributed by atoms with van der Waals surface area (Å²) in [7, 11) is 2.42. The molecule has 0 radical (unpaired) electrons. The van der Waals surface area contributed by atoms with E-state index in [9.17, 15) is 5.11 Å². The summed E-state index contributed by atoms with van der Waals surface area (Å²) in [6.07, 6.45) is 3.09. The van der Waals surface area contributed by atoms with E-state index in [0.717, 1.165) is 41.7 Å². The molecule has 168 valence electrons. The molecule has 1 N–H and O–H groups in total. The second kappa shape index (κ2) is 10.5. The molecule has 0 spiro atoms. The van der Waals surface area contributed by atoms with Crippen molar-refractivity contribution in [3.63, 3.8) is 0 Å². The quantitative estimate of drug-likeness (QED) is 0.289. The van der Waals surface area contributed by atoms with E-state index in [2.05, 4.69) is 82.3 Å². The van der Waals surface area contributed by atoms with Gasteiger partial charge >= 0.3 is 0 Å². The molecular weight excluding hydrogens is 409 g/mol. The molecule has 32 heavy (non-hydrogen) atoms. The van der Waals surface area contributed by atoms with Crippen LogP contribution in [0.2, 0.25) is 0 Å². The summed E-state index contributed by atoms with van der Waals surface area (Å²) in [6, 6.07) is 21.3. The minimum atomic E-state index is -0.105. The predicted octanol–water partition coefficient (Wildman–Crippen LogP) is 7.19. The lowest BCUT2D eigenvalue weighted by Crippen LogP contribution is -2.27. The second-order valence-electron chi connectivity index (χ2n) is 8.72. The Morgan fingerprint density at radius 2 is 1.66 bits per heavy atom. The van der Waals surface area contributed by atoms with Crippen molar-refractivity contribution in [1.29, 1.82) is 0 Å². The van der Waals surface area contributed by atoms with E-state index in [0.29, 0.717) is 14.3 Å². The highest BCUT2D eigenvalue weighted by Gasteiger charge is 2.34. The van der Waals surface area contributed by atoms with Gasteiger partial charge in [0.15, 0.2) is 0 Å². The van der Waals surface area contributed by atoms with Crippen LogP contribution >= 0.6 is 8.58 Å². The molecule has 0 heterocycles. The van der Waals surface area contributed by atoms with Crippen LogP contribution < -0.4 is 5.30 Å². The van der Waals surface area contributed by atoms with Gasteiger partial charge < -0.3 is 5.11 Å². The van der Waals surface area contributed by atoms with Crippen LogP contribution in [0.15, 0.2) is 65.7 Å². The van der Waals surface area contributed by atoms with Crippen molar-refractivity contribution in [2.24, 2.45) is 4.99 Å². The van der Waals surface area contributed by atoms with Gasteiger partial charge in [-0.15, -0.1) is 0 Å². The molecule has 0 aliphatic carbocycles. The van der Waals surface area contributed by atoms with Gasteiger partial charge in [0.25, 0.3) is 0 Å². The lowest BCUT2D eigenvalue weighted by Gasteiger charge is -2.36. The lowest BCUT2D eigenvalue weighted by atomic mass is 9.88. The van der Waals surface area contributed by atoms with E-state index in [1.165, 1.54) is 22.0 Å². The van der Waals surface area contributed by atoms with Crippen molar-refractivity contribution in [2.75, 3.05) is 7.05 Å². The van der Waals surface area contributed by atoms with Crippen LogP contribution in [0.5, 0.6) is 5.75 Å². The predicted molar refractivity (Wildman–Crippen MR) is 142 cm³/mol. The summed E-state index contributed by atoms with van der Waals surface area (Å²) in [4.78, 5) is 4.72. The van der Waals surface area contributed by atoms with Gasteiger partial charge in [-0.25, -0.2) is 0 Å². The summed E-state index contributed by atoms with van der Waals surface area (Å²) in [5.74, 6) is 0.459. The molecule has 0 saturated carbocycles. The molecule has 0 bridgehead atoms. The molecule has 3 heteroatoms. The Morgan fingerprint density at radius 1 is 0.938 bits per heavy atom. The average molecular weight is 446 g/mol. The molecule has 0 fully saturated rings. The Balaban J connectivity index is 2.21. The number of aryl methyl sites for hydroxylation is 3. The zero-order valence-electron chi connectivity index (χ0n) is 20.3. The number of aromatic hydroxyl groups is 1. The maximum absolute atomic E-state index is 11.1. The monoisotopic (exact) mass is 445 g/mol. The standard InChI is InChI=1S/C29H36NOP/c1-7-17-29(8-2,25-19-20(3)18-22(5)27(25)31)32-28-21(4)13-12-16-24(28)26(30-6)23-14-10-9-11-15-23/h9-16,18-19,31-32H,7-8,17H2,1-6H3/b30-26+. The van der Waals surface area contributed by atoms with E-state index in [1.807, 2.05) is 20.0 Å². The van der Waals surface area contributed by atoms with Gasteiger partial charge in [-0.2, -0.15) is 0 Å². The Labute approximate surface area is 195 Å². The third-order valence-electron chi connectivity index (χ3n) is 6.40. The van der Waals surface area contributed by atoms with Crippen molar-refractivity contribution in [3.05, 3.63) is 94.0 Å².